The maximum atomic E-state index is 14.5. The molecule has 4 aliphatic heterocycles. The predicted molar refractivity (Wildman–Crippen MR) is 295 cm³/mol. The maximum Gasteiger partial charge on any atom is 0.303 e. The minimum atomic E-state index is -1.77. The number of thiocarbonyl (C=S) groups is 2. The van der Waals surface area contributed by atoms with Crippen molar-refractivity contribution >= 4 is 93.5 Å². The highest BCUT2D eigenvalue weighted by atomic mass is 32.1. The molecular formula is C50H81N11O20S2. The van der Waals surface area contributed by atoms with Crippen molar-refractivity contribution < 1.29 is 97.5 Å². The fraction of sp³-hybridized carbons (Fsp3) is 0.760. The minimum absolute atomic E-state index is 0.00456. The number of hydrogen-bond acceptors (Lipinski definition) is 21. The van der Waals surface area contributed by atoms with E-state index in [1.807, 2.05) is 0 Å². The summed E-state index contributed by atoms with van der Waals surface area (Å²) in [5.74, 6) is -8.53. The molecule has 17 atom stereocenters. The summed E-state index contributed by atoms with van der Waals surface area (Å²) >= 11 is 10.4. The molecule has 0 aromatic rings. The van der Waals surface area contributed by atoms with E-state index in [1.165, 1.54) is 37.5 Å². The standard InChI is InChI=1S/C50H81N11O20S2/c1-21(2)16-28(58-43(72)27(55-24(5)63)12-13-35(66)67)44(73)54-22(3)48(77)61-15-9-11-30(61)46(75)59-36(47(76)53-18-34(65)60-14-8-10-29(60)45(74)52-17-33(51)64)23(4)79-50-38(57-26(7)83)42(71)40(69)32(81-50)20-78-49-37(56-25(6)82)41(70)39(68)31(19-62)80-49/h21-23,27-32,36-42,49-50,62,68-71H,8-20H2,1-7H3,(H2,51,64)(H,52,74)(H,53,76)(H,54,73)(H,55,63)(H,56,82)(H,57,83)(H,58,72)(H,59,75)(H,66,67)/t22-,23+,27-,28-,29-,30-,31+,32+,36-,37+,38+,39-,40-,41+,42+,49-,50-/m0/s1. The number of aliphatic carboxylic acids is 1. The number of carboxylic acid groups (broad SMARTS) is 1. The number of ether oxygens (including phenoxy) is 4. The van der Waals surface area contributed by atoms with Gasteiger partial charge in [-0.25, -0.2) is 0 Å². The molecule has 0 radical (unpaired) electrons. The van der Waals surface area contributed by atoms with E-state index in [9.17, 15) is 78.6 Å². The molecule has 33 heteroatoms. The molecule has 0 bridgehead atoms. The zero-order chi connectivity index (χ0) is 62.2. The van der Waals surface area contributed by atoms with E-state index in [-0.39, 0.29) is 61.1 Å². The van der Waals surface area contributed by atoms with E-state index in [0.717, 1.165) is 6.92 Å². The van der Waals surface area contributed by atoms with Gasteiger partial charge in [-0.1, -0.05) is 38.3 Å². The number of hydrogen-bond donors (Lipinski definition) is 15. The Hall–Kier alpha value is -5.88. The number of nitrogens with zero attached hydrogens (tertiary/aromatic N) is 2. The van der Waals surface area contributed by atoms with Crippen LogP contribution in [0, 0.1) is 5.92 Å². The van der Waals surface area contributed by atoms with E-state index in [1.54, 1.807) is 13.8 Å². The Morgan fingerprint density at radius 1 is 0.675 bits per heavy atom. The fourth-order valence-corrected chi connectivity index (χ4v) is 10.3. The van der Waals surface area contributed by atoms with Gasteiger partial charge in [0.15, 0.2) is 12.6 Å². The second-order valence-corrected chi connectivity index (χ2v) is 22.5. The molecule has 9 amide bonds. The topological polar surface area (TPSA) is 458 Å². The average Bonchev–Trinajstić information content (AvgIpc) is 4.22. The van der Waals surface area contributed by atoms with Crippen LogP contribution in [0.2, 0.25) is 0 Å². The SMILES string of the molecule is CC(=O)N[C@@H](CCC(=O)O)C(=O)N[C@@H](CC(C)C)C(=O)N[C@@H](C)C(=O)N1CCC[C@H]1C(=O)N[C@H](C(=O)NCC(=O)N1CCC[C@H]1C(=O)NCC(N)=O)[C@@H](C)O[C@H]1O[C@H](CO[C@H]2O[C@H](CO)[C@H](O)[C@H](O)[C@H]2NC(C)=S)[C@H](O)[C@H](O)[C@H]1NC(C)=S. The van der Waals surface area contributed by atoms with E-state index in [2.05, 4.69) is 42.5 Å². The quantitative estimate of drug-likeness (QED) is 0.0324. The van der Waals surface area contributed by atoms with Gasteiger partial charge in [0, 0.05) is 26.4 Å². The van der Waals surface area contributed by atoms with Crippen molar-refractivity contribution in [2.75, 3.05) is 39.4 Å². The molecule has 0 unspecified atom stereocenters. The molecule has 4 aliphatic rings. The third-order valence-corrected chi connectivity index (χ3v) is 14.4. The molecule has 31 nitrogen and oxygen atoms in total. The number of likely N-dealkylation sites (tertiary alicyclic amines) is 2. The lowest BCUT2D eigenvalue weighted by atomic mass is 9.96. The number of carbonyl (C=O) groups excluding carboxylic acids is 9. The summed E-state index contributed by atoms with van der Waals surface area (Å²) < 4.78 is 24.1. The van der Waals surface area contributed by atoms with Gasteiger partial charge in [-0.05, 0) is 72.1 Å². The first-order valence-corrected chi connectivity index (χ1v) is 28.1. The number of carbonyl (C=O) groups is 10. The predicted octanol–water partition coefficient (Wildman–Crippen LogP) is -6.51. The molecule has 0 saturated carbocycles. The van der Waals surface area contributed by atoms with Crippen LogP contribution in [0.25, 0.3) is 0 Å². The molecule has 0 aromatic carbocycles. The number of aliphatic hydroxyl groups is 5. The molecular weight excluding hydrogens is 1140 g/mol. The lowest BCUT2D eigenvalue weighted by Gasteiger charge is -2.46. The number of primary amides is 1. The van der Waals surface area contributed by atoms with Crippen molar-refractivity contribution in [3.63, 3.8) is 0 Å². The van der Waals surface area contributed by atoms with E-state index in [4.69, 9.17) is 49.1 Å². The number of nitrogens with two attached hydrogens (primary N) is 1. The van der Waals surface area contributed by atoms with Gasteiger partial charge in [-0.15, -0.1) is 0 Å². The number of carboxylic acids is 1. The summed E-state index contributed by atoms with van der Waals surface area (Å²) in [5.41, 5.74) is 5.18. The molecule has 468 valence electrons. The molecule has 4 saturated heterocycles. The Balaban J connectivity index is 1.61. The van der Waals surface area contributed by atoms with Crippen molar-refractivity contribution in [3.05, 3.63) is 0 Å². The lowest BCUT2D eigenvalue weighted by Crippen LogP contribution is -2.67. The first-order chi connectivity index (χ1) is 38.9. The van der Waals surface area contributed by atoms with E-state index >= 15 is 0 Å². The summed E-state index contributed by atoms with van der Waals surface area (Å²) in [6, 6.07) is -10.5. The van der Waals surface area contributed by atoms with Gasteiger partial charge in [-0.2, -0.15) is 0 Å². The zero-order valence-corrected chi connectivity index (χ0v) is 48.9. The van der Waals surface area contributed by atoms with Crippen molar-refractivity contribution in [2.24, 2.45) is 11.7 Å². The Morgan fingerprint density at radius 2 is 1.23 bits per heavy atom. The highest BCUT2D eigenvalue weighted by molar-refractivity contribution is 7.80. The van der Waals surface area contributed by atoms with Crippen molar-refractivity contribution in [3.8, 4) is 0 Å². The van der Waals surface area contributed by atoms with Crippen molar-refractivity contribution in [1.29, 1.82) is 0 Å². The Bertz CT molecular complexity index is 2360. The Kier molecular flexibility index (Phi) is 27.2. The maximum absolute atomic E-state index is 14.5. The van der Waals surface area contributed by atoms with Gasteiger partial charge in [0.2, 0.25) is 53.2 Å². The lowest BCUT2D eigenvalue weighted by molar-refractivity contribution is -0.307. The number of rotatable bonds is 28. The van der Waals surface area contributed by atoms with Gasteiger partial charge in [0.1, 0.15) is 85.0 Å². The van der Waals surface area contributed by atoms with Gasteiger partial charge in [-0.3, -0.25) is 47.9 Å². The summed E-state index contributed by atoms with van der Waals surface area (Å²) in [5, 5.41) is 84.0. The smallest absolute Gasteiger partial charge is 0.303 e. The first-order valence-electron chi connectivity index (χ1n) is 27.2. The van der Waals surface area contributed by atoms with Crippen LogP contribution >= 0.6 is 24.4 Å². The highest BCUT2D eigenvalue weighted by Crippen LogP contribution is 2.28. The van der Waals surface area contributed by atoms with Crippen LogP contribution < -0.4 is 48.3 Å². The second kappa shape index (κ2) is 32.4. The van der Waals surface area contributed by atoms with Crippen LogP contribution in [0.3, 0.4) is 0 Å². The molecule has 0 aromatic heterocycles. The first kappa shape index (κ1) is 69.6. The van der Waals surface area contributed by atoms with Crippen molar-refractivity contribution in [2.45, 2.75) is 197 Å². The molecule has 83 heavy (non-hydrogen) atoms. The van der Waals surface area contributed by atoms with Gasteiger partial charge in [0.05, 0.1) is 42.4 Å². The minimum Gasteiger partial charge on any atom is -0.481 e. The van der Waals surface area contributed by atoms with Gasteiger partial charge in [0.25, 0.3) is 0 Å². The van der Waals surface area contributed by atoms with E-state index in [0.29, 0.717) is 6.42 Å². The molecule has 4 rings (SSSR count). The number of aliphatic hydroxyl groups excluding tert-OH is 5. The van der Waals surface area contributed by atoms with E-state index < -0.39 is 196 Å². The molecule has 0 aliphatic carbocycles. The fourth-order valence-electron chi connectivity index (χ4n) is 10.0. The zero-order valence-electron chi connectivity index (χ0n) is 47.3. The monoisotopic (exact) mass is 1220 g/mol. The van der Waals surface area contributed by atoms with Crippen molar-refractivity contribution in [1.82, 2.24) is 52.3 Å². The molecule has 4 heterocycles. The van der Waals surface area contributed by atoms with Crippen LogP contribution in [-0.2, 0) is 66.9 Å². The van der Waals surface area contributed by atoms with Crippen LogP contribution in [0.1, 0.15) is 93.4 Å². The third-order valence-electron chi connectivity index (χ3n) is 14.1. The van der Waals surface area contributed by atoms with Crippen LogP contribution in [0.5, 0.6) is 0 Å². The Morgan fingerprint density at radius 3 is 1.78 bits per heavy atom. The second-order valence-electron chi connectivity index (χ2n) is 21.3. The normalized spacial score (nSPS) is 27.8. The summed E-state index contributed by atoms with van der Waals surface area (Å²) in [7, 11) is 0. The molecule has 4 fully saturated rings. The highest BCUT2D eigenvalue weighted by Gasteiger charge is 2.50. The average molecular weight is 1220 g/mol. The van der Waals surface area contributed by atoms with Crippen LogP contribution in [0.15, 0.2) is 0 Å². The van der Waals surface area contributed by atoms with Crippen LogP contribution in [0.4, 0.5) is 0 Å². The molecule has 16 N–H and O–H groups in total. The number of nitrogens with one attached hydrogen (secondary N) is 8. The third kappa shape index (κ3) is 20.1. The van der Waals surface area contributed by atoms with Gasteiger partial charge >= 0.3 is 5.97 Å². The number of amides is 9. The summed E-state index contributed by atoms with van der Waals surface area (Å²) in [4.78, 5) is 134. The summed E-state index contributed by atoms with van der Waals surface area (Å²) in [6.45, 7) is 7.85. The Labute approximate surface area is 489 Å². The molecule has 0 spiro atoms. The summed E-state index contributed by atoms with van der Waals surface area (Å²) in [6.07, 6.45) is -13.8. The van der Waals surface area contributed by atoms with Gasteiger partial charge < -0.3 is 108 Å². The van der Waals surface area contributed by atoms with Crippen LogP contribution in [-0.4, -0.2) is 253 Å². The largest absolute Gasteiger partial charge is 0.481 e.